The predicted molar refractivity (Wildman–Crippen MR) is 160 cm³/mol. The van der Waals surface area contributed by atoms with Crippen LogP contribution in [0.4, 0.5) is 0 Å². The van der Waals surface area contributed by atoms with Crippen LogP contribution in [0.25, 0.3) is 5.69 Å². The fourth-order valence-corrected chi connectivity index (χ4v) is 6.25. The highest BCUT2D eigenvalue weighted by molar-refractivity contribution is 7.99. The van der Waals surface area contributed by atoms with Crippen LogP contribution in [0.15, 0.2) is 84.0 Å². The van der Waals surface area contributed by atoms with Crippen LogP contribution >= 0.6 is 11.8 Å². The van der Waals surface area contributed by atoms with Crippen molar-refractivity contribution in [2.24, 2.45) is 0 Å². The van der Waals surface area contributed by atoms with E-state index in [1.807, 2.05) is 35.2 Å². The first-order valence-electron chi connectivity index (χ1n) is 14.3. The largest absolute Gasteiger partial charge is 0.454 e. The lowest BCUT2D eigenvalue weighted by atomic mass is 10.1. The highest BCUT2D eigenvalue weighted by atomic mass is 32.2. The highest BCUT2D eigenvalue weighted by Crippen LogP contribution is 2.33. The number of fused-ring (bicyclic) bond motifs is 1. The van der Waals surface area contributed by atoms with Gasteiger partial charge in [-0.3, -0.25) is 14.3 Å². The molecule has 0 aliphatic carbocycles. The molecule has 0 saturated carbocycles. The Morgan fingerprint density at radius 3 is 2.37 bits per heavy atom. The number of unbranched alkanes of at least 4 members (excludes halogenated alkanes) is 1. The van der Waals surface area contributed by atoms with Crippen LogP contribution in [0.5, 0.6) is 11.5 Å². The number of aromatic nitrogens is 3. The molecule has 9 heteroatoms. The molecule has 3 heterocycles. The zero-order chi connectivity index (χ0) is 27.9. The Kier molecular flexibility index (Phi) is 8.83. The number of rotatable bonds is 11. The summed E-state index contributed by atoms with van der Waals surface area (Å²) in [5.41, 5.74) is 3.49. The van der Waals surface area contributed by atoms with Crippen molar-refractivity contribution in [2.75, 3.05) is 38.7 Å². The highest BCUT2D eigenvalue weighted by Gasteiger charge is 2.22. The van der Waals surface area contributed by atoms with Gasteiger partial charge in [-0.1, -0.05) is 66.4 Å². The third-order valence-corrected chi connectivity index (χ3v) is 8.52. The predicted octanol–water partition coefficient (Wildman–Crippen LogP) is 5.19. The summed E-state index contributed by atoms with van der Waals surface area (Å²) in [5, 5.41) is 9.97. The Morgan fingerprint density at radius 1 is 0.805 bits per heavy atom. The SMILES string of the molecule is O=C(CCCCSc1nnc(Cc2ccccc2)n1-c1ccccc1)N1CCN(Cc2ccc3c(c2)OCO3)CC1. The van der Waals surface area contributed by atoms with Crippen molar-refractivity contribution in [1.29, 1.82) is 0 Å². The monoisotopic (exact) mass is 569 g/mol. The van der Waals surface area contributed by atoms with E-state index < -0.39 is 0 Å². The lowest BCUT2D eigenvalue weighted by Crippen LogP contribution is -2.48. The number of ether oxygens (including phenoxy) is 2. The van der Waals surface area contributed by atoms with E-state index in [9.17, 15) is 4.79 Å². The van der Waals surface area contributed by atoms with Gasteiger partial charge in [0, 0.05) is 57.0 Å². The zero-order valence-electron chi connectivity index (χ0n) is 23.2. The van der Waals surface area contributed by atoms with E-state index in [1.54, 1.807) is 11.8 Å². The fraction of sp³-hybridized carbons (Fsp3) is 0.344. The lowest BCUT2D eigenvalue weighted by Gasteiger charge is -2.34. The standard InChI is InChI=1S/C32H35N5O3S/c38-31(36-18-16-35(17-19-36)23-26-14-15-28-29(21-26)40-24-39-28)13-7-8-20-41-32-34-33-30(22-25-9-3-1-4-10-25)37(32)27-11-5-2-6-12-27/h1-6,9-12,14-15,21H,7-8,13,16-20,22-24H2. The number of para-hydroxylation sites is 1. The summed E-state index contributed by atoms with van der Waals surface area (Å²) in [6.07, 6.45) is 3.14. The average molecular weight is 570 g/mol. The summed E-state index contributed by atoms with van der Waals surface area (Å²) in [4.78, 5) is 17.3. The molecule has 2 aliphatic heterocycles. The Bertz CT molecular complexity index is 1440. The second-order valence-corrected chi connectivity index (χ2v) is 11.4. The Morgan fingerprint density at radius 2 is 1.56 bits per heavy atom. The maximum absolute atomic E-state index is 12.9. The summed E-state index contributed by atoms with van der Waals surface area (Å²) in [6, 6.07) is 26.8. The minimum absolute atomic E-state index is 0.260. The van der Waals surface area contributed by atoms with Crippen molar-refractivity contribution in [1.82, 2.24) is 24.6 Å². The molecule has 1 amide bonds. The molecular formula is C32H35N5O3S. The van der Waals surface area contributed by atoms with Crippen LogP contribution < -0.4 is 9.47 Å². The van der Waals surface area contributed by atoms with E-state index in [0.717, 1.165) is 85.9 Å². The summed E-state index contributed by atoms with van der Waals surface area (Å²) in [6.45, 7) is 4.48. The number of benzene rings is 3. The molecule has 1 saturated heterocycles. The molecule has 0 unspecified atom stereocenters. The molecule has 0 spiro atoms. The molecule has 1 aromatic heterocycles. The maximum atomic E-state index is 12.9. The van der Waals surface area contributed by atoms with Crippen molar-refractivity contribution in [3.8, 4) is 17.2 Å². The summed E-state index contributed by atoms with van der Waals surface area (Å²) < 4.78 is 13.1. The van der Waals surface area contributed by atoms with E-state index >= 15 is 0 Å². The number of carbonyl (C=O) groups is 1. The van der Waals surface area contributed by atoms with E-state index in [0.29, 0.717) is 13.2 Å². The van der Waals surface area contributed by atoms with Crippen LogP contribution in [0.1, 0.15) is 36.2 Å². The molecule has 0 atom stereocenters. The van der Waals surface area contributed by atoms with Crippen molar-refractivity contribution < 1.29 is 14.3 Å². The topological polar surface area (TPSA) is 72.7 Å². The first-order chi connectivity index (χ1) is 20.2. The van der Waals surface area contributed by atoms with E-state index in [-0.39, 0.29) is 5.91 Å². The zero-order valence-corrected chi connectivity index (χ0v) is 24.0. The summed E-state index contributed by atoms with van der Waals surface area (Å²) >= 11 is 1.71. The molecule has 1 fully saturated rings. The van der Waals surface area contributed by atoms with Gasteiger partial charge in [0.25, 0.3) is 0 Å². The van der Waals surface area contributed by atoms with E-state index in [2.05, 4.69) is 68.2 Å². The van der Waals surface area contributed by atoms with Gasteiger partial charge in [-0.15, -0.1) is 10.2 Å². The summed E-state index contributed by atoms with van der Waals surface area (Å²) in [5.74, 6) is 3.72. The first-order valence-corrected chi connectivity index (χ1v) is 15.3. The van der Waals surface area contributed by atoms with Gasteiger partial charge < -0.3 is 14.4 Å². The van der Waals surface area contributed by atoms with Crippen LogP contribution in [-0.4, -0.2) is 69.2 Å². The number of piperazine rings is 1. The molecule has 0 radical (unpaired) electrons. The van der Waals surface area contributed by atoms with Crippen molar-refractivity contribution >= 4 is 17.7 Å². The van der Waals surface area contributed by atoms with Crippen LogP contribution in [0.2, 0.25) is 0 Å². The second kappa shape index (κ2) is 13.2. The molecule has 6 rings (SSSR count). The van der Waals surface area contributed by atoms with Crippen LogP contribution in [-0.2, 0) is 17.8 Å². The second-order valence-electron chi connectivity index (χ2n) is 10.4. The third kappa shape index (κ3) is 6.92. The lowest BCUT2D eigenvalue weighted by molar-refractivity contribution is -0.133. The fourth-order valence-electron chi connectivity index (χ4n) is 5.28. The molecule has 41 heavy (non-hydrogen) atoms. The molecule has 0 N–H and O–H groups in total. The van der Waals surface area contributed by atoms with Crippen LogP contribution in [0, 0.1) is 0 Å². The maximum Gasteiger partial charge on any atom is 0.231 e. The molecule has 212 valence electrons. The number of hydrogen-bond acceptors (Lipinski definition) is 7. The van der Waals surface area contributed by atoms with E-state index in [1.165, 1.54) is 11.1 Å². The van der Waals surface area contributed by atoms with Gasteiger partial charge in [0.2, 0.25) is 12.7 Å². The smallest absolute Gasteiger partial charge is 0.231 e. The van der Waals surface area contributed by atoms with Crippen molar-refractivity contribution in [3.05, 3.63) is 95.8 Å². The quantitative estimate of drug-likeness (QED) is 0.182. The third-order valence-electron chi connectivity index (χ3n) is 7.50. The molecule has 8 nitrogen and oxygen atoms in total. The average Bonchev–Trinajstić information content (AvgIpc) is 3.65. The first kappa shape index (κ1) is 27.4. The van der Waals surface area contributed by atoms with Gasteiger partial charge in [-0.05, 0) is 48.2 Å². The number of hydrogen-bond donors (Lipinski definition) is 0. The van der Waals surface area contributed by atoms with Gasteiger partial charge in [-0.2, -0.15) is 0 Å². The Balaban J connectivity index is 0.951. The number of carbonyl (C=O) groups excluding carboxylic acids is 1. The van der Waals surface area contributed by atoms with Gasteiger partial charge in [0.15, 0.2) is 16.7 Å². The molecule has 2 aliphatic rings. The molecule has 3 aromatic carbocycles. The Hall–Kier alpha value is -3.82. The summed E-state index contributed by atoms with van der Waals surface area (Å²) in [7, 11) is 0. The van der Waals surface area contributed by atoms with Gasteiger partial charge >= 0.3 is 0 Å². The van der Waals surface area contributed by atoms with Crippen LogP contribution in [0.3, 0.4) is 0 Å². The minimum Gasteiger partial charge on any atom is -0.454 e. The number of thioether (sulfide) groups is 1. The Labute approximate surface area is 245 Å². The van der Waals surface area contributed by atoms with Gasteiger partial charge in [-0.25, -0.2) is 0 Å². The van der Waals surface area contributed by atoms with Gasteiger partial charge in [0.05, 0.1) is 0 Å². The molecular weight excluding hydrogens is 534 g/mol. The molecule has 4 aromatic rings. The molecule has 0 bridgehead atoms. The van der Waals surface area contributed by atoms with Gasteiger partial charge in [0.1, 0.15) is 5.82 Å². The number of amides is 1. The number of nitrogens with zero attached hydrogens (tertiary/aromatic N) is 5. The van der Waals surface area contributed by atoms with Crippen molar-refractivity contribution in [3.63, 3.8) is 0 Å². The van der Waals surface area contributed by atoms with Crippen molar-refractivity contribution in [2.45, 2.75) is 37.4 Å². The minimum atomic E-state index is 0.260. The normalized spacial score (nSPS) is 14.9. The van der Waals surface area contributed by atoms with E-state index in [4.69, 9.17) is 9.47 Å².